The number of rotatable bonds is 2. The van der Waals surface area contributed by atoms with E-state index in [-0.39, 0.29) is 22.6 Å². The highest BCUT2D eigenvalue weighted by molar-refractivity contribution is 5.77. The van der Waals surface area contributed by atoms with E-state index in [1.165, 1.54) is 19.2 Å². The third kappa shape index (κ3) is 1.43. The third-order valence-electron chi connectivity index (χ3n) is 1.77. The number of nitrogens with one attached hydrogen (secondary N) is 1. The fraction of sp³-hybridized carbons (Fsp3) is 0.125. The van der Waals surface area contributed by atoms with Crippen molar-refractivity contribution in [2.24, 2.45) is 0 Å². The number of nitrogens with zero attached hydrogens (tertiary/aromatic N) is 2. The predicted molar refractivity (Wildman–Crippen MR) is 51.8 cm³/mol. The van der Waals surface area contributed by atoms with E-state index in [1.54, 1.807) is 0 Å². The van der Waals surface area contributed by atoms with Crippen LogP contribution >= 0.6 is 0 Å². The second-order valence-corrected chi connectivity index (χ2v) is 2.54. The zero-order chi connectivity index (χ0) is 10.7. The second kappa shape index (κ2) is 3.62. The number of anilines is 2. The summed E-state index contributed by atoms with van der Waals surface area (Å²) in [5, 5.41) is 21.9. The minimum atomic E-state index is -0.563. The molecule has 1 aromatic carbocycles. The quantitative estimate of drug-likeness (QED) is 0.414. The summed E-state index contributed by atoms with van der Waals surface area (Å²) in [6.07, 6.45) is 0. The molecule has 0 spiro atoms. The molecule has 0 saturated heterocycles. The molecule has 0 bridgehead atoms. The first-order valence-corrected chi connectivity index (χ1v) is 3.76. The van der Waals surface area contributed by atoms with E-state index >= 15 is 0 Å². The van der Waals surface area contributed by atoms with Crippen LogP contribution in [0.2, 0.25) is 0 Å². The van der Waals surface area contributed by atoms with Gasteiger partial charge in [-0.05, 0) is 6.07 Å². The summed E-state index contributed by atoms with van der Waals surface area (Å²) in [4.78, 5) is 10.0. The fourth-order valence-electron chi connectivity index (χ4n) is 1.13. The molecule has 0 unspecified atom stereocenters. The number of nitrogens with two attached hydrogens (primary N) is 1. The Balaban J connectivity index is 3.50. The normalized spacial score (nSPS) is 9.14. The zero-order valence-electron chi connectivity index (χ0n) is 7.44. The van der Waals surface area contributed by atoms with Crippen molar-refractivity contribution >= 4 is 17.1 Å². The van der Waals surface area contributed by atoms with Gasteiger partial charge < -0.3 is 11.1 Å². The Morgan fingerprint density at radius 2 is 2.29 bits per heavy atom. The van der Waals surface area contributed by atoms with Crippen LogP contribution in [-0.4, -0.2) is 12.0 Å². The van der Waals surface area contributed by atoms with Crippen LogP contribution in [0.4, 0.5) is 17.1 Å². The Hall–Kier alpha value is -2.29. The molecule has 72 valence electrons. The lowest BCUT2D eigenvalue weighted by molar-refractivity contribution is -0.383. The molecule has 0 heterocycles. The van der Waals surface area contributed by atoms with Gasteiger partial charge in [0.1, 0.15) is 17.3 Å². The van der Waals surface area contributed by atoms with Gasteiger partial charge in [0.25, 0.3) is 5.69 Å². The molecule has 0 aliphatic carbocycles. The van der Waals surface area contributed by atoms with Crippen molar-refractivity contribution in [1.82, 2.24) is 0 Å². The summed E-state index contributed by atoms with van der Waals surface area (Å²) < 4.78 is 0. The number of hydrogen-bond acceptors (Lipinski definition) is 5. The number of nitro groups is 1. The monoisotopic (exact) mass is 192 g/mol. The molecule has 0 fully saturated rings. The smallest absolute Gasteiger partial charge is 0.293 e. The van der Waals surface area contributed by atoms with Crippen LogP contribution < -0.4 is 11.1 Å². The van der Waals surface area contributed by atoms with Gasteiger partial charge in [0.2, 0.25) is 0 Å². The van der Waals surface area contributed by atoms with Crippen LogP contribution in [-0.2, 0) is 0 Å². The molecule has 0 aliphatic rings. The lowest BCUT2D eigenvalue weighted by Gasteiger charge is -2.05. The molecule has 0 atom stereocenters. The molecular weight excluding hydrogens is 184 g/mol. The molecule has 0 radical (unpaired) electrons. The Labute approximate surface area is 80.1 Å². The second-order valence-electron chi connectivity index (χ2n) is 2.54. The maximum atomic E-state index is 10.6. The van der Waals surface area contributed by atoms with Crippen LogP contribution in [0.5, 0.6) is 0 Å². The molecule has 0 aliphatic heterocycles. The average Bonchev–Trinajstić information content (AvgIpc) is 2.16. The highest BCUT2D eigenvalue weighted by atomic mass is 16.6. The van der Waals surface area contributed by atoms with Gasteiger partial charge in [0.05, 0.1) is 10.6 Å². The van der Waals surface area contributed by atoms with Gasteiger partial charge in [-0.25, -0.2) is 0 Å². The number of benzene rings is 1. The van der Waals surface area contributed by atoms with E-state index < -0.39 is 4.92 Å². The Bertz CT molecular complexity index is 422. The number of nitrogen functional groups attached to an aromatic ring is 1. The zero-order valence-corrected chi connectivity index (χ0v) is 7.44. The standard InChI is InChI=1S/C8H8N4O2/c1-11-8-5(4-9)6(10)2-3-7(8)12(13)14/h2-3,11H,10H2,1H3. The summed E-state index contributed by atoms with van der Waals surface area (Å²) in [5.74, 6) is 0. The van der Waals surface area contributed by atoms with Gasteiger partial charge in [0.15, 0.2) is 0 Å². The molecular formula is C8H8N4O2. The maximum absolute atomic E-state index is 10.6. The molecule has 1 aromatic rings. The highest BCUT2D eigenvalue weighted by Crippen LogP contribution is 2.31. The van der Waals surface area contributed by atoms with Crippen molar-refractivity contribution < 1.29 is 4.92 Å². The van der Waals surface area contributed by atoms with E-state index in [0.717, 1.165) is 0 Å². The molecule has 6 nitrogen and oxygen atoms in total. The molecule has 14 heavy (non-hydrogen) atoms. The molecule has 1 rings (SSSR count). The van der Waals surface area contributed by atoms with E-state index in [2.05, 4.69) is 5.32 Å². The summed E-state index contributed by atoms with van der Waals surface area (Å²) in [6, 6.07) is 4.43. The fourth-order valence-corrected chi connectivity index (χ4v) is 1.13. The van der Waals surface area contributed by atoms with Crippen LogP contribution in [0.25, 0.3) is 0 Å². The topological polar surface area (TPSA) is 105 Å². The van der Waals surface area contributed by atoms with Crippen molar-refractivity contribution in [3.63, 3.8) is 0 Å². The molecule has 6 heteroatoms. The molecule has 0 saturated carbocycles. The Morgan fingerprint density at radius 1 is 1.64 bits per heavy atom. The van der Waals surface area contributed by atoms with E-state index in [1.807, 2.05) is 6.07 Å². The van der Waals surface area contributed by atoms with Crippen molar-refractivity contribution in [2.75, 3.05) is 18.1 Å². The largest absolute Gasteiger partial charge is 0.398 e. The summed E-state index contributed by atoms with van der Waals surface area (Å²) in [7, 11) is 1.50. The first-order valence-electron chi connectivity index (χ1n) is 3.76. The van der Waals surface area contributed by atoms with Crippen LogP contribution in [0.3, 0.4) is 0 Å². The number of nitriles is 1. The Kier molecular flexibility index (Phi) is 2.53. The molecule has 0 amide bonds. The Morgan fingerprint density at radius 3 is 2.71 bits per heavy atom. The number of hydrogen-bond donors (Lipinski definition) is 2. The van der Waals surface area contributed by atoms with Gasteiger partial charge in [-0.3, -0.25) is 10.1 Å². The van der Waals surface area contributed by atoms with E-state index in [9.17, 15) is 10.1 Å². The van der Waals surface area contributed by atoms with Crippen LogP contribution in [0.1, 0.15) is 5.56 Å². The summed E-state index contributed by atoms with van der Waals surface area (Å²) in [6.45, 7) is 0. The van der Waals surface area contributed by atoms with E-state index in [4.69, 9.17) is 11.0 Å². The van der Waals surface area contributed by atoms with E-state index in [0.29, 0.717) is 0 Å². The van der Waals surface area contributed by atoms with Gasteiger partial charge in [-0.15, -0.1) is 0 Å². The summed E-state index contributed by atoms with van der Waals surface area (Å²) in [5.41, 5.74) is 5.81. The maximum Gasteiger partial charge on any atom is 0.293 e. The van der Waals surface area contributed by atoms with Crippen molar-refractivity contribution in [2.45, 2.75) is 0 Å². The van der Waals surface area contributed by atoms with Gasteiger partial charge >= 0.3 is 0 Å². The van der Waals surface area contributed by atoms with Gasteiger partial charge in [0, 0.05) is 13.1 Å². The highest BCUT2D eigenvalue weighted by Gasteiger charge is 2.18. The SMILES string of the molecule is CNc1c([N+](=O)[O-])ccc(N)c1C#N. The van der Waals surface area contributed by atoms with Crippen molar-refractivity contribution in [3.8, 4) is 6.07 Å². The average molecular weight is 192 g/mol. The predicted octanol–water partition coefficient (Wildman–Crippen LogP) is 1.09. The molecule has 3 N–H and O–H groups in total. The van der Waals surface area contributed by atoms with Gasteiger partial charge in [-0.2, -0.15) is 5.26 Å². The number of nitro benzene ring substituents is 1. The first kappa shape index (κ1) is 9.80. The van der Waals surface area contributed by atoms with Crippen LogP contribution in [0.15, 0.2) is 12.1 Å². The minimum Gasteiger partial charge on any atom is -0.398 e. The lowest BCUT2D eigenvalue weighted by atomic mass is 10.1. The third-order valence-corrected chi connectivity index (χ3v) is 1.77. The minimum absolute atomic E-state index is 0.0988. The lowest BCUT2D eigenvalue weighted by Crippen LogP contribution is -2.02. The first-order chi connectivity index (χ1) is 6.61. The van der Waals surface area contributed by atoms with Crippen molar-refractivity contribution in [1.29, 1.82) is 5.26 Å². The van der Waals surface area contributed by atoms with Gasteiger partial charge in [-0.1, -0.05) is 0 Å². The van der Waals surface area contributed by atoms with Crippen molar-refractivity contribution in [3.05, 3.63) is 27.8 Å². The molecule has 0 aromatic heterocycles. The summed E-state index contributed by atoms with van der Waals surface area (Å²) >= 11 is 0. The van der Waals surface area contributed by atoms with Crippen LogP contribution in [0, 0.1) is 21.4 Å².